The Kier molecular flexibility index (Phi) is 4.37. The second-order valence-corrected chi connectivity index (χ2v) is 6.39. The molecule has 0 N–H and O–H groups in total. The first-order chi connectivity index (χ1) is 8.10. The van der Waals surface area contributed by atoms with Gasteiger partial charge in [-0.1, -0.05) is 19.9 Å². The summed E-state index contributed by atoms with van der Waals surface area (Å²) in [6.45, 7) is 6.99. The average molecular weight is 317 g/mol. The fourth-order valence-electron chi connectivity index (χ4n) is 2.75. The molecule has 2 rings (SSSR count). The van der Waals surface area contributed by atoms with Crippen molar-refractivity contribution in [2.45, 2.75) is 26.1 Å². The van der Waals surface area contributed by atoms with Crippen LogP contribution in [0.2, 0.25) is 0 Å². The molecular weight excluding hydrogens is 298 g/mol. The molecule has 0 aromatic heterocycles. The highest BCUT2D eigenvalue weighted by Gasteiger charge is 2.23. The van der Waals surface area contributed by atoms with Crippen LogP contribution in [0, 0.1) is 11.8 Å². The fraction of sp³-hybridized carbons (Fsp3) is 0.571. The summed E-state index contributed by atoms with van der Waals surface area (Å²) < 4.78 is 1.16. The van der Waals surface area contributed by atoms with Gasteiger partial charge in [0.15, 0.2) is 0 Å². The van der Waals surface area contributed by atoms with Gasteiger partial charge >= 0.3 is 0 Å². The molecule has 1 saturated heterocycles. The molecule has 3 heteroatoms. The Bertz CT molecular complexity index is 384. The number of benzene rings is 1. The van der Waals surface area contributed by atoms with E-state index in [9.17, 15) is 0 Å². The SMILES string of the molecule is CC1CC(C)CN(c2ccc(CCl)cc2Br)C1. The van der Waals surface area contributed by atoms with Crippen LogP contribution in [0.5, 0.6) is 0 Å². The predicted molar refractivity (Wildman–Crippen MR) is 78.9 cm³/mol. The maximum Gasteiger partial charge on any atom is 0.0511 e. The first kappa shape index (κ1) is 13.2. The van der Waals surface area contributed by atoms with Crippen LogP contribution >= 0.6 is 27.5 Å². The quantitative estimate of drug-likeness (QED) is 0.717. The number of nitrogens with zero attached hydrogens (tertiary/aromatic N) is 1. The second kappa shape index (κ2) is 5.62. The van der Waals surface area contributed by atoms with E-state index in [1.165, 1.54) is 17.7 Å². The van der Waals surface area contributed by atoms with Gasteiger partial charge in [-0.05, 0) is 51.9 Å². The summed E-state index contributed by atoms with van der Waals surface area (Å²) in [6, 6.07) is 6.44. The van der Waals surface area contributed by atoms with E-state index in [-0.39, 0.29) is 0 Å². The van der Waals surface area contributed by atoms with Gasteiger partial charge in [-0.15, -0.1) is 11.6 Å². The van der Waals surface area contributed by atoms with Gasteiger partial charge in [-0.25, -0.2) is 0 Å². The van der Waals surface area contributed by atoms with Crippen molar-refractivity contribution in [3.8, 4) is 0 Å². The van der Waals surface area contributed by atoms with Crippen molar-refractivity contribution >= 4 is 33.2 Å². The van der Waals surface area contributed by atoms with E-state index in [1.54, 1.807) is 0 Å². The van der Waals surface area contributed by atoms with E-state index in [2.05, 4.69) is 52.9 Å². The fourth-order valence-corrected chi connectivity index (χ4v) is 3.59. The van der Waals surface area contributed by atoms with Crippen molar-refractivity contribution in [3.05, 3.63) is 28.2 Å². The van der Waals surface area contributed by atoms with Crippen LogP contribution in [0.25, 0.3) is 0 Å². The summed E-state index contributed by atoms with van der Waals surface area (Å²) in [5.41, 5.74) is 2.47. The van der Waals surface area contributed by atoms with Crippen molar-refractivity contribution in [2.24, 2.45) is 11.8 Å². The van der Waals surface area contributed by atoms with Gasteiger partial charge < -0.3 is 4.90 Å². The number of alkyl halides is 1. The minimum atomic E-state index is 0.575. The summed E-state index contributed by atoms with van der Waals surface area (Å²) in [4.78, 5) is 2.49. The van der Waals surface area contributed by atoms with Gasteiger partial charge in [-0.2, -0.15) is 0 Å². The lowest BCUT2D eigenvalue weighted by atomic mass is 9.91. The Morgan fingerprint density at radius 2 is 1.94 bits per heavy atom. The third-order valence-electron chi connectivity index (χ3n) is 3.38. The molecule has 1 heterocycles. The number of piperidine rings is 1. The molecule has 1 nitrogen and oxygen atoms in total. The molecule has 0 amide bonds. The standard InChI is InChI=1S/C14H19BrClN/c1-10-5-11(2)9-17(8-10)14-4-3-12(7-16)6-13(14)15/h3-4,6,10-11H,5,7-9H2,1-2H3. The Hall–Kier alpha value is -0.210. The van der Waals surface area contributed by atoms with Gasteiger partial charge in [0.2, 0.25) is 0 Å². The summed E-state index contributed by atoms with van der Waals surface area (Å²) in [5.74, 6) is 2.13. The molecule has 1 aliphatic heterocycles. The van der Waals surface area contributed by atoms with Crippen molar-refractivity contribution in [2.75, 3.05) is 18.0 Å². The predicted octanol–water partition coefficient (Wildman–Crippen LogP) is 4.67. The summed E-state index contributed by atoms with van der Waals surface area (Å²) in [7, 11) is 0. The summed E-state index contributed by atoms with van der Waals surface area (Å²) in [6.07, 6.45) is 1.34. The molecule has 0 spiro atoms. The molecule has 1 aromatic rings. The van der Waals surface area contributed by atoms with Gasteiger partial charge in [0.1, 0.15) is 0 Å². The molecule has 2 atom stereocenters. The zero-order valence-corrected chi connectivity index (χ0v) is 12.8. The number of halogens is 2. The lowest BCUT2D eigenvalue weighted by Crippen LogP contribution is -2.38. The number of rotatable bonds is 2. The highest BCUT2D eigenvalue weighted by molar-refractivity contribution is 9.10. The topological polar surface area (TPSA) is 3.24 Å². The molecule has 94 valence electrons. The van der Waals surface area contributed by atoms with Gasteiger partial charge in [0, 0.05) is 23.4 Å². The van der Waals surface area contributed by atoms with E-state index in [4.69, 9.17) is 11.6 Å². The third kappa shape index (κ3) is 3.17. The van der Waals surface area contributed by atoms with E-state index in [1.807, 2.05) is 0 Å². The van der Waals surface area contributed by atoms with Gasteiger partial charge in [0.25, 0.3) is 0 Å². The average Bonchev–Trinajstić information content (AvgIpc) is 2.27. The van der Waals surface area contributed by atoms with E-state index in [0.29, 0.717) is 5.88 Å². The highest BCUT2D eigenvalue weighted by atomic mass is 79.9. The normalized spacial score (nSPS) is 25.1. The Balaban J connectivity index is 2.21. The van der Waals surface area contributed by atoms with Crippen molar-refractivity contribution in [1.82, 2.24) is 0 Å². The molecule has 17 heavy (non-hydrogen) atoms. The number of anilines is 1. The van der Waals surface area contributed by atoms with Crippen LogP contribution in [0.3, 0.4) is 0 Å². The van der Waals surface area contributed by atoms with Crippen molar-refractivity contribution < 1.29 is 0 Å². The molecule has 1 fully saturated rings. The van der Waals surface area contributed by atoms with Crippen LogP contribution in [0.1, 0.15) is 25.8 Å². The maximum absolute atomic E-state index is 5.85. The van der Waals surface area contributed by atoms with Crippen LogP contribution in [0.15, 0.2) is 22.7 Å². The van der Waals surface area contributed by atoms with Crippen molar-refractivity contribution in [3.63, 3.8) is 0 Å². The smallest absolute Gasteiger partial charge is 0.0511 e. The molecule has 0 aliphatic carbocycles. The maximum atomic E-state index is 5.85. The Morgan fingerprint density at radius 1 is 1.29 bits per heavy atom. The lowest BCUT2D eigenvalue weighted by Gasteiger charge is -2.37. The molecule has 1 aromatic carbocycles. The molecule has 0 saturated carbocycles. The number of hydrogen-bond donors (Lipinski definition) is 0. The van der Waals surface area contributed by atoms with Crippen molar-refractivity contribution in [1.29, 1.82) is 0 Å². The first-order valence-electron chi connectivity index (χ1n) is 6.19. The zero-order chi connectivity index (χ0) is 12.4. The van der Waals surface area contributed by atoms with E-state index >= 15 is 0 Å². The highest BCUT2D eigenvalue weighted by Crippen LogP contribution is 2.32. The second-order valence-electron chi connectivity index (χ2n) is 5.27. The number of hydrogen-bond acceptors (Lipinski definition) is 1. The molecule has 0 bridgehead atoms. The minimum Gasteiger partial charge on any atom is -0.370 e. The third-order valence-corrected chi connectivity index (χ3v) is 4.32. The van der Waals surface area contributed by atoms with Crippen LogP contribution < -0.4 is 4.90 Å². The molecule has 1 aliphatic rings. The van der Waals surface area contributed by atoms with Gasteiger partial charge in [0.05, 0.1) is 5.69 Å². The molecule has 2 unspecified atom stereocenters. The minimum absolute atomic E-state index is 0.575. The van der Waals surface area contributed by atoms with Crippen LogP contribution in [0.4, 0.5) is 5.69 Å². The molecular formula is C14H19BrClN. The molecule has 0 radical (unpaired) electrons. The van der Waals surface area contributed by atoms with E-state index < -0.39 is 0 Å². The van der Waals surface area contributed by atoms with E-state index in [0.717, 1.165) is 29.4 Å². The summed E-state index contributed by atoms with van der Waals surface area (Å²) in [5, 5.41) is 0. The monoisotopic (exact) mass is 315 g/mol. The van der Waals surface area contributed by atoms with Gasteiger partial charge in [-0.3, -0.25) is 0 Å². The largest absolute Gasteiger partial charge is 0.370 e. The first-order valence-corrected chi connectivity index (χ1v) is 7.52. The lowest BCUT2D eigenvalue weighted by molar-refractivity contribution is 0.356. The Morgan fingerprint density at radius 3 is 2.47 bits per heavy atom. The van der Waals surface area contributed by atoms with Crippen LogP contribution in [-0.4, -0.2) is 13.1 Å². The zero-order valence-electron chi connectivity index (χ0n) is 10.4. The summed E-state index contributed by atoms with van der Waals surface area (Å²) >= 11 is 9.51. The Labute approximate surface area is 117 Å². The van der Waals surface area contributed by atoms with Crippen LogP contribution in [-0.2, 0) is 5.88 Å².